The second-order valence-electron chi connectivity index (χ2n) is 5.36. The highest BCUT2D eigenvalue weighted by Crippen LogP contribution is 2.11. The highest BCUT2D eigenvalue weighted by atomic mass is 16.5. The van der Waals surface area contributed by atoms with Crippen molar-refractivity contribution in [2.24, 2.45) is 11.0 Å². The summed E-state index contributed by atoms with van der Waals surface area (Å²) in [7, 11) is 0. The SMILES string of the molecule is O=C(NN=CC1CCOCC1)c1cnc(-c2ccccn2)[nH]c1=O. The molecule has 124 valence electrons. The van der Waals surface area contributed by atoms with E-state index < -0.39 is 11.5 Å². The minimum absolute atomic E-state index is 0.0983. The molecule has 24 heavy (non-hydrogen) atoms. The first-order chi connectivity index (χ1) is 11.7. The van der Waals surface area contributed by atoms with E-state index in [-0.39, 0.29) is 11.5 Å². The quantitative estimate of drug-likeness (QED) is 0.642. The van der Waals surface area contributed by atoms with Gasteiger partial charge in [-0.15, -0.1) is 0 Å². The molecule has 3 rings (SSSR count). The van der Waals surface area contributed by atoms with Crippen molar-refractivity contribution in [1.29, 1.82) is 0 Å². The average molecular weight is 327 g/mol. The van der Waals surface area contributed by atoms with Crippen molar-refractivity contribution in [3.63, 3.8) is 0 Å². The molecule has 2 aromatic heterocycles. The van der Waals surface area contributed by atoms with Crippen molar-refractivity contribution in [2.75, 3.05) is 13.2 Å². The summed E-state index contributed by atoms with van der Waals surface area (Å²) in [5, 5.41) is 3.92. The van der Waals surface area contributed by atoms with Crippen molar-refractivity contribution in [2.45, 2.75) is 12.8 Å². The van der Waals surface area contributed by atoms with Crippen LogP contribution in [-0.4, -0.2) is 40.3 Å². The molecule has 0 radical (unpaired) electrons. The topological polar surface area (TPSA) is 109 Å². The van der Waals surface area contributed by atoms with Crippen LogP contribution >= 0.6 is 0 Å². The van der Waals surface area contributed by atoms with E-state index in [4.69, 9.17) is 4.74 Å². The summed E-state index contributed by atoms with van der Waals surface area (Å²) >= 11 is 0. The fraction of sp³-hybridized carbons (Fsp3) is 0.312. The van der Waals surface area contributed by atoms with Crippen LogP contribution in [-0.2, 0) is 4.74 Å². The molecule has 3 heterocycles. The van der Waals surface area contributed by atoms with E-state index in [1.807, 2.05) is 0 Å². The van der Waals surface area contributed by atoms with Crippen molar-refractivity contribution in [3.8, 4) is 11.5 Å². The van der Waals surface area contributed by atoms with E-state index in [0.717, 1.165) is 12.8 Å². The van der Waals surface area contributed by atoms with E-state index in [0.29, 0.717) is 24.7 Å². The first-order valence-corrected chi connectivity index (χ1v) is 7.66. The summed E-state index contributed by atoms with van der Waals surface area (Å²) in [6.45, 7) is 1.40. The number of H-pyrrole nitrogens is 1. The van der Waals surface area contributed by atoms with Crippen molar-refractivity contribution in [1.82, 2.24) is 20.4 Å². The molecule has 0 aromatic carbocycles. The Morgan fingerprint density at radius 3 is 2.88 bits per heavy atom. The van der Waals surface area contributed by atoms with Crippen LogP contribution in [0.5, 0.6) is 0 Å². The fourth-order valence-corrected chi connectivity index (χ4v) is 2.32. The van der Waals surface area contributed by atoms with Crippen molar-refractivity contribution in [3.05, 3.63) is 46.5 Å². The molecule has 1 saturated heterocycles. The summed E-state index contributed by atoms with van der Waals surface area (Å²) in [6, 6.07) is 5.27. The number of carbonyl (C=O) groups excluding carboxylic acids is 1. The number of aromatic amines is 1. The van der Waals surface area contributed by atoms with Crippen LogP contribution in [0, 0.1) is 5.92 Å². The fourth-order valence-electron chi connectivity index (χ4n) is 2.32. The summed E-state index contributed by atoms with van der Waals surface area (Å²) in [6.07, 6.45) is 6.26. The number of rotatable bonds is 4. The second-order valence-corrected chi connectivity index (χ2v) is 5.36. The van der Waals surface area contributed by atoms with Gasteiger partial charge in [0.2, 0.25) is 0 Å². The number of amides is 1. The Kier molecular flexibility index (Phi) is 5.07. The van der Waals surface area contributed by atoms with Gasteiger partial charge in [-0.2, -0.15) is 5.10 Å². The molecule has 0 aliphatic carbocycles. The molecule has 1 amide bonds. The lowest BCUT2D eigenvalue weighted by atomic mass is 10.0. The number of hydrogen-bond acceptors (Lipinski definition) is 6. The Bertz CT molecular complexity index is 782. The summed E-state index contributed by atoms with van der Waals surface area (Å²) < 4.78 is 5.25. The summed E-state index contributed by atoms with van der Waals surface area (Å²) in [5.74, 6) is -0.00974. The Labute approximate surface area is 138 Å². The van der Waals surface area contributed by atoms with Gasteiger partial charge in [0.05, 0.1) is 0 Å². The Morgan fingerprint density at radius 1 is 1.33 bits per heavy atom. The molecule has 0 spiro atoms. The van der Waals surface area contributed by atoms with E-state index in [1.54, 1.807) is 30.6 Å². The molecule has 0 saturated carbocycles. The van der Waals surface area contributed by atoms with E-state index in [9.17, 15) is 9.59 Å². The van der Waals surface area contributed by atoms with Gasteiger partial charge in [-0.1, -0.05) is 6.07 Å². The molecular weight excluding hydrogens is 310 g/mol. The van der Waals surface area contributed by atoms with Gasteiger partial charge in [0, 0.05) is 37.7 Å². The van der Waals surface area contributed by atoms with Gasteiger partial charge < -0.3 is 9.72 Å². The monoisotopic (exact) mass is 327 g/mol. The zero-order chi connectivity index (χ0) is 16.8. The number of carbonyl (C=O) groups is 1. The number of ether oxygens (including phenoxy) is 1. The normalized spacial score (nSPS) is 15.5. The molecule has 8 nitrogen and oxygen atoms in total. The van der Waals surface area contributed by atoms with E-state index in [2.05, 4.69) is 25.5 Å². The Balaban J connectivity index is 1.67. The number of aromatic nitrogens is 3. The molecular formula is C16H17N5O3. The number of nitrogens with zero attached hydrogens (tertiary/aromatic N) is 3. The predicted octanol–water partition coefficient (Wildman–Crippen LogP) is 0.974. The van der Waals surface area contributed by atoms with Crippen LogP contribution in [0.15, 0.2) is 40.5 Å². The zero-order valence-corrected chi connectivity index (χ0v) is 12.9. The number of nitrogens with one attached hydrogen (secondary N) is 2. The van der Waals surface area contributed by atoms with Gasteiger partial charge in [0.25, 0.3) is 11.5 Å². The van der Waals surface area contributed by atoms with Gasteiger partial charge >= 0.3 is 0 Å². The third kappa shape index (κ3) is 3.90. The Morgan fingerprint density at radius 2 is 2.17 bits per heavy atom. The molecule has 2 aromatic rings. The number of hydrazone groups is 1. The molecule has 0 bridgehead atoms. The lowest BCUT2D eigenvalue weighted by Crippen LogP contribution is -2.27. The van der Waals surface area contributed by atoms with Crippen LogP contribution in [0.3, 0.4) is 0 Å². The third-order valence-electron chi connectivity index (χ3n) is 3.67. The van der Waals surface area contributed by atoms with Gasteiger partial charge in [0.1, 0.15) is 11.3 Å². The number of hydrogen-bond donors (Lipinski definition) is 2. The maximum absolute atomic E-state index is 12.1. The predicted molar refractivity (Wildman–Crippen MR) is 87.6 cm³/mol. The lowest BCUT2D eigenvalue weighted by molar-refractivity contribution is 0.0836. The largest absolute Gasteiger partial charge is 0.381 e. The molecule has 2 N–H and O–H groups in total. The molecule has 1 aliphatic heterocycles. The van der Waals surface area contributed by atoms with Crippen LogP contribution < -0.4 is 11.0 Å². The van der Waals surface area contributed by atoms with Crippen molar-refractivity contribution < 1.29 is 9.53 Å². The van der Waals surface area contributed by atoms with Gasteiger partial charge in [-0.05, 0) is 25.0 Å². The first kappa shape index (κ1) is 16.0. The minimum Gasteiger partial charge on any atom is -0.381 e. The third-order valence-corrected chi connectivity index (χ3v) is 3.67. The Hall–Kier alpha value is -2.87. The van der Waals surface area contributed by atoms with E-state index in [1.165, 1.54) is 6.20 Å². The highest BCUT2D eigenvalue weighted by Gasteiger charge is 2.14. The smallest absolute Gasteiger partial charge is 0.278 e. The van der Waals surface area contributed by atoms with Crippen LogP contribution in [0.1, 0.15) is 23.2 Å². The van der Waals surface area contributed by atoms with E-state index >= 15 is 0 Å². The lowest BCUT2D eigenvalue weighted by Gasteiger charge is -2.17. The first-order valence-electron chi connectivity index (χ1n) is 7.66. The maximum Gasteiger partial charge on any atom is 0.278 e. The van der Waals surface area contributed by atoms with Gasteiger partial charge in [-0.25, -0.2) is 10.4 Å². The summed E-state index contributed by atoms with van der Waals surface area (Å²) in [5.41, 5.74) is 2.25. The van der Waals surface area contributed by atoms with Crippen LogP contribution in [0.4, 0.5) is 0 Å². The zero-order valence-electron chi connectivity index (χ0n) is 12.9. The molecule has 0 unspecified atom stereocenters. The van der Waals surface area contributed by atoms with Gasteiger partial charge in [0.15, 0.2) is 5.82 Å². The second kappa shape index (κ2) is 7.60. The van der Waals surface area contributed by atoms with Gasteiger partial charge in [-0.3, -0.25) is 14.6 Å². The standard InChI is InChI=1S/C16H17N5O3/c22-15-12(10-18-14(20-15)13-3-1-2-6-17-13)16(23)21-19-9-11-4-7-24-8-5-11/h1-3,6,9-11H,4-5,7-8H2,(H,21,23)(H,18,20,22). The molecule has 8 heteroatoms. The number of pyridine rings is 1. The average Bonchev–Trinajstić information content (AvgIpc) is 2.63. The molecule has 1 fully saturated rings. The molecule has 1 aliphatic rings. The van der Waals surface area contributed by atoms with Crippen LogP contribution in [0.2, 0.25) is 0 Å². The summed E-state index contributed by atoms with van der Waals surface area (Å²) in [4.78, 5) is 34.8. The van der Waals surface area contributed by atoms with Crippen molar-refractivity contribution >= 4 is 12.1 Å². The van der Waals surface area contributed by atoms with Crippen LogP contribution in [0.25, 0.3) is 11.5 Å². The maximum atomic E-state index is 12.1. The minimum atomic E-state index is -0.598. The molecule has 0 atom stereocenters. The highest BCUT2D eigenvalue weighted by molar-refractivity contribution is 5.93.